The summed E-state index contributed by atoms with van der Waals surface area (Å²) < 4.78 is 0. The largest absolute Gasteiger partial charge is 0.388 e. The Hall–Kier alpha value is -3.74. The van der Waals surface area contributed by atoms with Gasteiger partial charge in [0.15, 0.2) is 0 Å². The van der Waals surface area contributed by atoms with Crippen LogP contribution in [0.2, 0.25) is 0 Å². The van der Waals surface area contributed by atoms with E-state index < -0.39 is 28.4 Å². The molecule has 6 nitrogen and oxygen atoms in total. The molecule has 0 spiro atoms. The Kier molecular flexibility index (Phi) is 7.91. The molecule has 2 atom stereocenters. The van der Waals surface area contributed by atoms with Gasteiger partial charge in [-0.25, -0.2) is 0 Å². The molecule has 41 heavy (non-hydrogen) atoms. The van der Waals surface area contributed by atoms with Crippen LogP contribution in [0.3, 0.4) is 0 Å². The van der Waals surface area contributed by atoms with Crippen LogP contribution < -0.4 is 5.73 Å². The molecule has 0 aliphatic heterocycles. The van der Waals surface area contributed by atoms with Gasteiger partial charge in [0.1, 0.15) is 5.41 Å². The molecule has 4 N–H and O–H groups in total. The monoisotopic (exact) mass is 552 g/mol. The summed E-state index contributed by atoms with van der Waals surface area (Å²) in [5, 5.41) is 27.7. The van der Waals surface area contributed by atoms with Crippen LogP contribution in [0, 0.1) is 5.41 Å². The zero-order valence-corrected chi connectivity index (χ0v) is 24.0. The van der Waals surface area contributed by atoms with Crippen molar-refractivity contribution in [3.05, 3.63) is 96.1 Å². The number of fused-ring (bicyclic) bond motifs is 2. The van der Waals surface area contributed by atoms with Gasteiger partial charge in [-0.3, -0.25) is 9.59 Å². The van der Waals surface area contributed by atoms with Gasteiger partial charge in [-0.1, -0.05) is 97.8 Å². The fourth-order valence-electron chi connectivity index (χ4n) is 6.69. The summed E-state index contributed by atoms with van der Waals surface area (Å²) >= 11 is 0. The van der Waals surface area contributed by atoms with E-state index in [1.807, 2.05) is 84.9 Å². The number of benzene rings is 4. The highest BCUT2D eigenvalue weighted by Gasteiger charge is 2.50. The smallest absolute Gasteiger partial charge is 0.238 e. The van der Waals surface area contributed by atoms with Crippen LogP contribution in [0.4, 0.5) is 0 Å². The third-order valence-corrected chi connectivity index (χ3v) is 8.59. The van der Waals surface area contributed by atoms with Crippen molar-refractivity contribution in [3.63, 3.8) is 0 Å². The van der Waals surface area contributed by atoms with Crippen LogP contribution >= 0.6 is 0 Å². The van der Waals surface area contributed by atoms with Crippen molar-refractivity contribution in [1.29, 1.82) is 0 Å². The minimum Gasteiger partial charge on any atom is -0.388 e. The standard InChI is InChI=1S/C35H40N2O4/c1-33(40,21-27-15-9-13-25-11-3-5-17-29(25)27)23-37(32(39)35(31(36)38)19-7-8-20-35)24-34(2,41)22-28-16-10-14-26-12-4-6-18-30(26)28/h3-6,9-18,40-41H,7-8,19-24H2,1-2H3,(H2,36,38). The number of nitrogens with two attached hydrogens (primary N) is 1. The average Bonchev–Trinajstić information content (AvgIpc) is 3.44. The van der Waals surface area contributed by atoms with Gasteiger partial charge >= 0.3 is 0 Å². The zero-order valence-electron chi connectivity index (χ0n) is 24.0. The highest BCUT2D eigenvalue weighted by molar-refractivity contribution is 6.04. The van der Waals surface area contributed by atoms with Gasteiger partial charge in [0.25, 0.3) is 0 Å². The van der Waals surface area contributed by atoms with E-state index in [0.717, 1.165) is 45.5 Å². The molecule has 1 fully saturated rings. The van der Waals surface area contributed by atoms with Crippen molar-refractivity contribution < 1.29 is 19.8 Å². The number of amides is 2. The van der Waals surface area contributed by atoms with Crippen LogP contribution in [-0.4, -0.2) is 51.2 Å². The molecule has 0 radical (unpaired) electrons. The van der Waals surface area contributed by atoms with Crippen molar-refractivity contribution in [2.24, 2.45) is 11.1 Å². The maximum Gasteiger partial charge on any atom is 0.238 e. The van der Waals surface area contributed by atoms with Crippen LogP contribution in [0.1, 0.15) is 50.7 Å². The van der Waals surface area contributed by atoms with E-state index in [4.69, 9.17) is 5.73 Å². The van der Waals surface area contributed by atoms with Crippen molar-refractivity contribution in [3.8, 4) is 0 Å². The van der Waals surface area contributed by atoms with Gasteiger partial charge in [0, 0.05) is 25.9 Å². The van der Waals surface area contributed by atoms with Crippen molar-refractivity contribution in [2.45, 2.75) is 63.6 Å². The summed E-state index contributed by atoms with van der Waals surface area (Å²) in [6, 6.07) is 28.0. The number of aliphatic hydroxyl groups is 2. The van der Waals surface area contributed by atoms with E-state index in [1.165, 1.54) is 4.90 Å². The summed E-state index contributed by atoms with van der Waals surface area (Å²) in [5.41, 5.74) is 3.82. The molecule has 0 bridgehead atoms. The van der Waals surface area contributed by atoms with E-state index >= 15 is 0 Å². The molecule has 0 heterocycles. The van der Waals surface area contributed by atoms with Gasteiger partial charge in [0.2, 0.25) is 11.8 Å². The average molecular weight is 553 g/mol. The summed E-state index contributed by atoms with van der Waals surface area (Å²) in [7, 11) is 0. The van der Waals surface area contributed by atoms with Crippen molar-refractivity contribution >= 4 is 33.4 Å². The van der Waals surface area contributed by atoms with E-state index in [9.17, 15) is 19.8 Å². The predicted octanol–water partition coefficient (Wildman–Crippen LogP) is 5.15. The molecule has 6 heteroatoms. The Morgan fingerprint density at radius 3 is 1.59 bits per heavy atom. The first-order valence-electron chi connectivity index (χ1n) is 14.5. The molecule has 1 saturated carbocycles. The number of nitrogens with zero attached hydrogens (tertiary/aromatic N) is 1. The van der Waals surface area contributed by atoms with Gasteiger partial charge in [-0.2, -0.15) is 0 Å². The molecule has 2 unspecified atom stereocenters. The fourth-order valence-corrected chi connectivity index (χ4v) is 6.69. The lowest BCUT2D eigenvalue weighted by molar-refractivity contribution is -0.154. The fraction of sp³-hybridized carbons (Fsp3) is 0.371. The Morgan fingerprint density at radius 2 is 1.15 bits per heavy atom. The lowest BCUT2D eigenvalue weighted by atomic mass is 9.82. The van der Waals surface area contributed by atoms with E-state index in [-0.39, 0.29) is 13.1 Å². The predicted molar refractivity (Wildman–Crippen MR) is 163 cm³/mol. The first-order valence-corrected chi connectivity index (χ1v) is 14.5. The quantitative estimate of drug-likeness (QED) is 0.237. The second kappa shape index (κ2) is 11.3. The maximum atomic E-state index is 14.2. The summed E-state index contributed by atoms with van der Waals surface area (Å²) in [6.07, 6.45) is 2.84. The molecule has 1 aliphatic carbocycles. The van der Waals surface area contributed by atoms with Gasteiger partial charge < -0.3 is 20.8 Å². The molecule has 4 aromatic rings. The topological polar surface area (TPSA) is 104 Å². The zero-order chi connectivity index (χ0) is 29.3. The Bertz CT molecular complexity index is 1460. The van der Waals surface area contributed by atoms with E-state index in [2.05, 4.69) is 0 Å². The van der Waals surface area contributed by atoms with Crippen molar-refractivity contribution in [2.75, 3.05) is 13.1 Å². The van der Waals surface area contributed by atoms with Gasteiger partial charge in [-0.15, -0.1) is 0 Å². The van der Waals surface area contributed by atoms with Gasteiger partial charge in [0.05, 0.1) is 11.2 Å². The molecule has 2 amide bonds. The molecular formula is C35H40N2O4. The first-order chi connectivity index (χ1) is 19.5. The second-order valence-electron chi connectivity index (χ2n) is 12.4. The molecule has 0 saturated heterocycles. The minimum atomic E-state index is -1.33. The lowest BCUT2D eigenvalue weighted by Gasteiger charge is -2.40. The minimum absolute atomic E-state index is 0.0459. The Balaban J connectivity index is 1.46. The third-order valence-electron chi connectivity index (χ3n) is 8.59. The molecule has 4 aromatic carbocycles. The molecule has 5 rings (SSSR count). The SMILES string of the molecule is CC(O)(Cc1cccc2ccccc12)CN(CC(C)(O)Cc1cccc2ccccc12)C(=O)C1(C(N)=O)CCCC1. The van der Waals surface area contributed by atoms with Gasteiger partial charge in [-0.05, 0) is 59.4 Å². The number of hydrogen-bond acceptors (Lipinski definition) is 4. The molecule has 1 aliphatic rings. The number of carbonyl (C=O) groups excluding carboxylic acids is 2. The summed E-state index contributed by atoms with van der Waals surface area (Å²) in [5.74, 6) is -1.04. The summed E-state index contributed by atoms with van der Waals surface area (Å²) in [6.45, 7) is 3.33. The van der Waals surface area contributed by atoms with E-state index in [1.54, 1.807) is 13.8 Å². The Morgan fingerprint density at radius 1 is 0.732 bits per heavy atom. The molecule has 0 aromatic heterocycles. The van der Waals surface area contributed by atoms with Crippen LogP contribution in [0.5, 0.6) is 0 Å². The number of carbonyl (C=O) groups is 2. The maximum absolute atomic E-state index is 14.2. The number of primary amides is 1. The molecular weight excluding hydrogens is 512 g/mol. The Labute approximate surface area is 241 Å². The van der Waals surface area contributed by atoms with Crippen LogP contribution in [0.15, 0.2) is 84.9 Å². The number of rotatable bonds is 10. The number of hydrogen-bond donors (Lipinski definition) is 3. The van der Waals surface area contributed by atoms with Crippen molar-refractivity contribution in [1.82, 2.24) is 4.90 Å². The normalized spacial score (nSPS) is 17.7. The first kappa shape index (κ1) is 28.8. The third kappa shape index (κ3) is 6.14. The van der Waals surface area contributed by atoms with E-state index in [0.29, 0.717) is 25.7 Å². The van der Waals surface area contributed by atoms with Crippen LogP contribution in [0.25, 0.3) is 21.5 Å². The second-order valence-corrected chi connectivity index (χ2v) is 12.4. The lowest BCUT2D eigenvalue weighted by Crippen LogP contribution is -2.57. The molecule has 214 valence electrons. The summed E-state index contributed by atoms with van der Waals surface area (Å²) in [4.78, 5) is 28.4. The van der Waals surface area contributed by atoms with Crippen LogP contribution in [-0.2, 0) is 22.4 Å². The highest BCUT2D eigenvalue weighted by Crippen LogP contribution is 2.40. The highest BCUT2D eigenvalue weighted by atomic mass is 16.3.